The first kappa shape index (κ1) is 40.1. The molecule has 0 N–H and O–H groups in total. The number of rotatable bonds is 19. The molecule has 3 heteroatoms. The van der Waals surface area contributed by atoms with Crippen LogP contribution in [0.4, 0.5) is 17.1 Å². The number of anilines is 3. The molecule has 7 aromatic carbocycles. The lowest BCUT2D eigenvalue weighted by Gasteiger charge is -2.37. The number of hydrogen-bond acceptors (Lipinski definition) is 3. The highest BCUT2D eigenvalue weighted by molar-refractivity contribution is 5.80. The van der Waals surface area contributed by atoms with Gasteiger partial charge in [0.2, 0.25) is 0 Å². The minimum Gasteiger partial charge on any atom is -0.381 e. The monoisotopic (exact) mass is 775 g/mol. The molecule has 8 rings (SSSR count). The van der Waals surface area contributed by atoms with Crippen LogP contribution in [0.5, 0.6) is 0 Å². The van der Waals surface area contributed by atoms with Crippen LogP contribution in [-0.4, -0.2) is 26.4 Å². The molecular weight excluding hydrogens is 719 g/mol. The molecule has 0 atom stereocenters. The van der Waals surface area contributed by atoms with Crippen molar-refractivity contribution in [3.05, 3.63) is 210 Å². The van der Waals surface area contributed by atoms with E-state index in [0.717, 1.165) is 69.2 Å². The predicted octanol–water partition coefficient (Wildman–Crippen LogP) is 14.2. The molecule has 0 unspecified atom stereocenters. The maximum atomic E-state index is 5.92. The van der Waals surface area contributed by atoms with Crippen LogP contribution in [-0.2, 0) is 28.7 Å². The molecule has 3 nitrogen and oxygen atoms in total. The Kier molecular flexibility index (Phi) is 13.4. The largest absolute Gasteiger partial charge is 0.381 e. The summed E-state index contributed by atoms with van der Waals surface area (Å²) in [6.45, 7) is 5.61. The second-order valence-electron chi connectivity index (χ2n) is 16.7. The summed E-state index contributed by atoms with van der Waals surface area (Å²) in [4.78, 5) is 2.38. The van der Waals surface area contributed by atoms with Crippen LogP contribution >= 0.6 is 0 Å². The van der Waals surface area contributed by atoms with Crippen LogP contribution in [0.25, 0.3) is 22.3 Å². The maximum Gasteiger partial charge on any atom is 0.0564 e. The molecule has 1 fully saturated rings. The van der Waals surface area contributed by atoms with Gasteiger partial charge in [-0.3, -0.25) is 0 Å². The van der Waals surface area contributed by atoms with Gasteiger partial charge in [-0.25, -0.2) is 0 Å². The molecule has 0 bridgehead atoms. The van der Waals surface area contributed by atoms with Crippen LogP contribution in [0.3, 0.4) is 0 Å². The van der Waals surface area contributed by atoms with Crippen LogP contribution in [0.1, 0.15) is 66.8 Å². The van der Waals surface area contributed by atoms with Crippen molar-refractivity contribution in [3.8, 4) is 22.3 Å². The molecule has 0 saturated carbocycles. The van der Waals surface area contributed by atoms with Gasteiger partial charge >= 0.3 is 0 Å². The molecule has 59 heavy (non-hydrogen) atoms. The average molecular weight is 776 g/mol. The summed E-state index contributed by atoms with van der Waals surface area (Å²) in [5.74, 6) is 0. The maximum absolute atomic E-state index is 5.92. The number of aryl methyl sites for hydroxylation is 1. The molecule has 0 spiro atoms. The summed E-state index contributed by atoms with van der Waals surface area (Å²) in [5.41, 5.74) is 15.3. The third-order valence-corrected chi connectivity index (χ3v) is 11.6. The molecule has 1 heterocycles. The van der Waals surface area contributed by atoms with Gasteiger partial charge in [0, 0.05) is 29.1 Å². The van der Waals surface area contributed by atoms with Gasteiger partial charge in [0.25, 0.3) is 0 Å². The van der Waals surface area contributed by atoms with E-state index in [9.17, 15) is 0 Å². The first-order valence-corrected chi connectivity index (χ1v) is 21.6. The highest BCUT2D eigenvalue weighted by Crippen LogP contribution is 2.37. The standard InChI is InChI=1S/C56H57NO2/c1-56(42-59-43-56)41-58-38-12-4-2-3-7-13-44-22-32-53(33-23-44)57(54-34-28-51(29-35-54)49-24-18-47(19-25-49)39-45-14-8-5-9-15-45)55-36-30-52(31-37-55)50-26-20-48(21-27-50)40-46-16-10-6-11-17-46/h5-6,8-11,14-37H,2-4,7,12-13,38-43H2,1H3. The molecule has 0 radical (unpaired) electrons. The highest BCUT2D eigenvalue weighted by atomic mass is 16.5. The van der Waals surface area contributed by atoms with E-state index in [-0.39, 0.29) is 5.41 Å². The zero-order valence-corrected chi connectivity index (χ0v) is 34.6. The molecule has 7 aromatic rings. The van der Waals surface area contributed by atoms with Crippen LogP contribution in [0.15, 0.2) is 182 Å². The first-order chi connectivity index (χ1) is 29.1. The Morgan fingerprint density at radius 3 is 1.24 bits per heavy atom. The summed E-state index contributed by atoms with van der Waals surface area (Å²) >= 11 is 0. The second-order valence-corrected chi connectivity index (χ2v) is 16.7. The van der Waals surface area contributed by atoms with Crippen molar-refractivity contribution in [1.29, 1.82) is 0 Å². The van der Waals surface area contributed by atoms with E-state index in [0.29, 0.717) is 0 Å². The van der Waals surface area contributed by atoms with Crippen molar-refractivity contribution in [2.24, 2.45) is 5.41 Å². The average Bonchev–Trinajstić information content (AvgIpc) is 3.27. The Balaban J connectivity index is 0.934. The van der Waals surface area contributed by atoms with Crippen molar-refractivity contribution in [1.82, 2.24) is 0 Å². The molecular formula is C56H57NO2. The van der Waals surface area contributed by atoms with Crippen molar-refractivity contribution < 1.29 is 9.47 Å². The Morgan fingerprint density at radius 1 is 0.424 bits per heavy atom. The lowest BCUT2D eigenvalue weighted by molar-refractivity contribution is -0.137. The Labute approximate surface area is 352 Å². The molecule has 0 aromatic heterocycles. The summed E-state index contributed by atoms with van der Waals surface area (Å²) in [6.07, 6.45) is 9.09. The van der Waals surface area contributed by atoms with Crippen LogP contribution < -0.4 is 4.90 Å². The van der Waals surface area contributed by atoms with Gasteiger partial charge < -0.3 is 14.4 Å². The lowest BCUT2D eigenvalue weighted by atomic mass is 9.90. The van der Waals surface area contributed by atoms with Crippen molar-refractivity contribution in [2.45, 2.75) is 58.3 Å². The number of unbranched alkanes of at least 4 members (excludes halogenated alkanes) is 4. The zero-order valence-electron chi connectivity index (χ0n) is 34.6. The summed E-state index contributed by atoms with van der Waals surface area (Å²) in [5, 5.41) is 0. The summed E-state index contributed by atoms with van der Waals surface area (Å²) < 4.78 is 11.3. The van der Waals surface area contributed by atoms with Crippen LogP contribution in [0, 0.1) is 5.41 Å². The smallest absolute Gasteiger partial charge is 0.0564 e. The number of hydrogen-bond donors (Lipinski definition) is 0. The third kappa shape index (κ3) is 11.1. The van der Waals surface area contributed by atoms with Gasteiger partial charge in [0.05, 0.1) is 19.8 Å². The van der Waals surface area contributed by atoms with E-state index in [1.807, 2.05) is 0 Å². The van der Waals surface area contributed by atoms with E-state index >= 15 is 0 Å². The van der Waals surface area contributed by atoms with Gasteiger partial charge in [0.1, 0.15) is 0 Å². The van der Waals surface area contributed by atoms with E-state index in [1.54, 1.807) is 0 Å². The molecule has 1 saturated heterocycles. The summed E-state index contributed by atoms with van der Waals surface area (Å²) in [7, 11) is 0. The van der Waals surface area contributed by atoms with E-state index < -0.39 is 0 Å². The van der Waals surface area contributed by atoms with E-state index in [2.05, 4.69) is 194 Å². The van der Waals surface area contributed by atoms with Gasteiger partial charge in [-0.05, 0) is 119 Å². The second kappa shape index (κ2) is 19.8. The minimum atomic E-state index is 0.245. The molecule has 298 valence electrons. The van der Waals surface area contributed by atoms with Crippen molar-refractivity contribution in [2.75, 3.05) is 31.3 Å². The third-order valence-electron chi connectivity index (χ3n) is 11.6. The van der Waals surface area contributed by atoms with Crippen LogP contribution in [0.2, 0.25) is 0 Å². The minimum absolute atomic E-state index is 0.245. The first-order valence-electron chi connectivity index (χ1n) is 21.6. The molecule has 0 aliphatic carbocycles. The normalized spacial score (nSPS) is 13.2. The molecule has 0 amide bonds. The van der Waals surface area contributed by atoms with E-state index in [4.69, 9.17) is 9.47 Å². The quantitative estimate of drug-likeness (QED) is 0.0764. The number of benzene rings is 7. The highest BCUT2D eigenvalue weighted by Gasteiger charge is 2.33. The number of nitrogens with zero attached hydrogens (tertiary/aromatic N) is 1. The van der Waals surface area contributed by atoms with Gasteiger partial charge in [-0.1, -0.05) is 172 Å². The molecule has 1 aliphatic heterocycles. The molecule has 1 aliphatic rings. The topological polar surface area (TPSA) is 21.7 Å². The lowest BCUT2D eigenvalue weighted by Crippen LogP contribution is -2.43. The van der Waals surface area contributed by atoms with Gasteiger partial charge in [0.15, 0.2) is 0 Å². The van der Waals surface area contributed by atoms with Gasteiger partial charge in [-0.2, -0.15) is 0 Å². The predicted molar refractivity (Wildman–Crippen MR) is 247 cm³/mol. The van der Waals surface area contributed by atoms with Crippen molar-refractivity contribution in [3.63, 3.8) is 0 Å². The zero-order chi connectivity index (χ0) is 40.1. The number of ether oxygens (including phenoxy) is 2. The fourth-order valence-corrected chi connectivity index (χ4v) is 8.07. The Bertz CT molecular complexity index is 2170. The summed E-state index contributed by atoms with van der Waals surface area (Å²) in [6, 6.07) is 66.6. The SMILES string of the molecule is CC1(COCCCCCCCc2ccc(N(c3ccc(-c4ccc(Cc5ccccc5)cc4)cc3)c3ccc(-c4ccc(Cc5ccccc5)cc4)cc3)cc2)COC1. The Morgan fingerprint density at radius 2 is 0.797 bits per heavy atom. The van der Waals surface area contributed by atoms with Crippen molar-refractivity contribution >= 4 is 17.1 Å². The fourth-order valence-electron chi connectivity index (χ4n) is 8.07. The Hall–Kier alpha value is -5.74. The fraction of sp³-hybridized carbons (Fsp3) is 0.250. The van der Waals surface area contributed by atoms with Gasteiger partial charge in [-0.15, -0.1) is 0 Å². The van der Waals surface area contributed by atoms with E-state index in [1.165, 1.54) is 75.8 Å².